The average Bonchev–Trinajstić information content (AvgIpc) is 2.93. The number of ether oxygens (including phenoxy) is 1. The summed E-state index contributed by atoms with van der Waals surface area (Å²) in [5, 5.41) is 2.90. The van der Waals surface area contributed by atoms with Crippen molar-refractivity contribution in [1.29, 1.82) is 0 Å². The summed E-state index contributed by atoms with van der Waals surface area (Å²) in [6, 6.07) is 21.4. The van der Waals surface area contributed by atoms with Crippen molar-refractivity contribution in [3.8, 4) is 5.75 Å². The zero-order valence-corrected chi connectivity index (χ0v) is 24.6. The van der Waals surface area contributed by atoms with Crippen molar-refractivity contribution in [2.24, 2.45) is 0 Å². The highest BCUT2D eigenvalue weighted by Gasteiger charge is 2.33. The molecule has 0 bridgehead atoms. The molecule has 0 fully saturated rings. The molecule has 3 aromatic rings. The van der Waals surface area contributed by atoms with Crippen LogP contribution < -0.4 is 14.4 Å². The van der Waals surface area contributed by atoms with Crippen LogP contribution in [0.25, 0.3) is 0 Å². The number of sulfonamides is 1. The molecule has 0 spiro atoms. The first-order valence-electron chi connectivity index (χ1n) is 13.5. The van der Waals surface area contributed by atoms with E-state index in [0.717, 1.165) is 15.4 Å². The van der Waals surface area contributed by atoms with Crippen molar-refractivity contribution in [1.82, 2.24) is 10.2 Å². The van der Waals surface area contributed by atoms with E-state index in [4.69, 9.17) is 4.74 Å². The van der Waals surface area contributed by atoms with Crippen LogP contribution in [0.15, 0.2) is 83.8 Å². The smallest absolute Gasteiger partial charge is 0.264 e. The second kappa shape index (κ2) is 14.0. The molecular formula is C31H39N3O5S. The number of hydrogen-bond acceptors (Lipinski definition) is 5. The van der Waals surface area contributed by atoms with Gasteiger partial charge in [-0.1, -0.05) is 55.0 Å². The van der Waals surface area contributed by atoms with E-state index in [1.807, 2.05) is 58.9 Å². The fraction of sp³-hybridized carbons (Fsp3) is 0.355. The number of hydrogen-bond donors (Lipinski definition) is 1. The van der Waals surface area contributed by atoms with Gasteiger partial charge in [-0.15, -0.1) is 0 Å². The lowest BCUT2D eigenvalue weighted by molar-refractivity contribution is -0.140. The molecule has 0 aliphatic heterocycles. The van der Waals surface area contributed by atoms with Crippen LogP contribution in [0.5, 0.6) is 5.75 Å². The summed E-state index contributed by atoms with van der Waals surface area (Å²) in [7, 11) is -4.13. The van der Waals surface area contributed by atoms with Crippen LogP contribution in [0.3, 0.4) is 0 Å². The number of carbonyl (C=O) groups excluding carboxylic acids is 2. The largest absolute Gasteiger partial charge is 0.494 e. The van der Waals surface area contributed by atoms with E-state index in [1.54, 1.807) is 42.5 Å². The Morgan fingerprint density at radius 2 is 1.52 bits per heavy atom. The number of benzene rings is 3. The predicted molar refractivity (Wildman–Crippen MR) is 158 cm³/mol. The van der Waals surface area contributed by atoms with Crippen LogP contribution in [0.1, 0.15) is 45.2 Å². The summed E-state index contributed by atoms with van der Waals surface area (Å²) in [5.41, 5.74) is 2.26. The second-order valence-electron chi connectivity index (χ2n) is 9.85. The van der Waals surface area contributed by atoms with Crippen LogP contribution in [-0.4, -0.2) is 50.4 Å². The number of rotatable bonds is 13. The maximum atomic E-state index is 14.0. The molecule has 8 nitrogen and oxygen atoms in total. The minimum atomic E-state index is -4.13. The number of carbonyl (C=O) groups is 2. The molecule has 214 valence electrons. The molecular weight excluding hydrogens is 526 g/mol. The summed E-state index contributed by atoms with van der Waals surface area (Å²) in [5.74, 6) is -0.210. The van der Waals surface area contributed by atoms with Gasteiger partial charge in [-0.25, -0.2) is 8.42 Å². The summed E-state index contributed by atoms with van der Waals surface area (Å²) in [6.07, 6.45) is 0.368. The fourth-order valence-corrected chi connectivity index (χ4v) is 5.73. The van der Waals surface area contributed by atoms with Gasteiger partial charge in [-0.2, -0.15) is 0 Å². The van der Waals surface area contributed by atoms with Crippen LogP contribution in [0, 0.1) is 6.92 Å². The first-order chi connectivity index (χ1) is 19.1. The molecule has 0 saturated carbocycles. The topological polar surface area (TPSA) is 96.0 Å². The monoisotopic (exact) mass is 565 g/mol. The van der Waals surface area contributed by atoms with Gasteiger partial charge in [0.15, 0.2) is 0 Å². The van der Waals surface area contributed by atoms with Crippen LogP contribution in [-0.2, 0) is 26.2 Å². The Bertz CT molecular complexity index is 1360. The lowest BCUT2D eigenvalue weighted by Gasteiger charge is -2.33. The molecule has 1 atom stereocenters. The number of nitrogens with zero attached hydrogens (tertiary/aromatic N) is 2. The van der Waals surface area contributed by atoms with E-state index in [9.17, 15) is 18.0 Å². The maximum Gasteiger partial charge on any atom is 0.264 e. The number of nitrogens with one attached hydrogen (secondary N) is 1. The molecule has 2 amide bonds. The minimum absolute atomic E-state index is 0.0299. The molecule has 0 heterocycles. The van der Waals surface area contributed by atoms with Crippen molar-refractivity contribution in [3.63, 3.8) is 0 Å². The molecule has 3 aromatic carbocycles. The van der Waals surface area contributed by atoms with Gasteiger partial charge in [0.25, 0.3) is 10.0 Å². The lowest BCUT2D eigenvalue weighted by Crippen LogP contribution is -2.53. The maximum absolute atomic E-state index is 14.0. The summed E-state index contributed by atoms with van der Waals surface area (Å²) < 4.78 is 34.4. The van der Waals surface area contributed by atoms with Crippen molar-refractivity contribution < 1.29 is 22.7 Å². The van der Waals surface area contributed by atoms with Crippen molar-refractivity contribution in [2.75, 3.05) is 17.5 Å². The van der Waals surface area contributed by atoms with Gasteiger partial charge in [-0.3, -0.25) is 13.9 Å². The number of para-hydroxylation sites is 1. The second-order valence-corrected chi connectivity index (χ2v) is 11.7. The Hall–Kier alpha value is -3.85. The lowest BCUT2D eigenvalue weighted by atomic mass is 10.1. The van der Waals surface area contributed by atoms with E-state index >= 15 is 0 Å². The zero-order chi connectivity index (χ0) is 29.3. The first-order valence-corrected chi connectivity index (χ1v) is 15.0. The highest BCUT2D eigenvalue weighted by molar-refractivity contribution is 7.92. The molecule has 0 aromatic heterocycles. The first kappa shape index (κ1) is 30.7. The summed E-state index contributed by atoms with van der Waals surface area (Å²) in [4.78, 5) is 28.7. The Kier molecular flexibility index (Phi) is 10.7. The van der Waals surface area contributed by atoms with E-state index in [-0.39, 0.29) is 23.4 Å². The van der Waals surface area contributed by atoms with Crippen molar-refractivity contribution >= 4 is 27.5 Å². The number of aryl methyl sites for hydroxylation is 1. The fourth-order valence-electron chi connectivity index (χ4n) is 4.32. The summed E-state index contributed by atoms with van der Waals surface area (Å²) >= 11 is 0. The SMILES string of the molecule is CCOc1ccc(S(=O)(=O)N(CC(=O)N(Cc2ccc(C)cc2)C(CC)C(=O)NC(C)C)c2ccccc2)cc1. The highest BCUT2D eigenvalue weighted by Crippen LogP contribution is 2.26. The highest BCUT2D eigenvalue weighted by atomic mass is 32.2. The molecule has 1 N–H and O–H groups in total. The Labute approximate surface area is 238 Å². The third kappa shape index (κ3) is 7.85. The van der Waals surface area contributed by atoms with Gasteiger partial charge in [0.2, 0.25) is 11.8 Å². The molecule has 0 aliphatic rings. The average molecular weight is 566 g/mol. The zero-order valence-electron chi connectivity index (χ0n) is 23.8. The number of amides is 2. The third-order valence-corrected chi connectivity index (χ3v) is 8.12. The Morgan fingerprint density at radius 3 is 2.08 bits per heavy atom. The van der Waals surface area contributed by atoms with Crippen molar-refractivity contribution in [3.05, 3.63) is 90.0 Å². The number of anilines is 1. The van der Waals surface area contributed by atoms with Gasteiger partial charge in [-0.05, 0) is 76.1 Å². The van der Waals surface area contributed by atoms with Gasteiger partial charge in [0.05, 0.1) is 17.2 Å². The van der Waals surface area contributed by atoms with Crippen LogP contribution >= 0.6 is 0 Å². The molecule has 0 saturated heterocycles. The summed E-state index contributed by atoms with van der Waals surface area (Å²) in [6.45, 7) is 9.52. The van der Waals surface area contributed by atoms with Gasteiger partial charge in [0, 0.05) is 12.6 Å². The van der Waals surface area contributed by atoms with Crippen molar-refractivity contribution in [2.45, 2.75) is 64.6 Å². The quantitative estimate of drug-likeness (QED) is 0.317. The Morgan fingerprint density at radius 1 is 0.900 bits per heavy atom. The predicted octanol–water partition coefficient (Wildman–Crippen LogP) is 4.92. The van der Waals surface area contributed by atoms with E-state index in [2.05, 4.69) is 5.32 Å². The standard InChI is InChI=1S/C31H39N3O5S/c1-6-29(31(36)32-23(3)4)33(21-25-15-13-24(5)14-16-25)30(35)22-34(26-11-9-8-10-12-26)40(37,38)28-19-17-27(18-20-28)39-7-2/h8-20,23,29H,6-7,21-22H2,1-5H3,(H,32,36). The van der Waals surface area contributed by atoms with Crippen LogP contribution in [0.4, 0.5) is 5.69 Å². The molecule has 9 heteroatoms. The molecule has 0 aliphatic carbocycles. The van der Waals surface area contributed by atoms with Crippen LogP contribution in [0.2, 0.25) is 0 Å². The van der Waals surface area contributed by atoms with Gasteiger partial charge < -0.3 is 15.0 Å². The molecule has 40 heavy (non-hydrogen) atoms. The molecule has 1 unspecified atom stereocenters. The van der Waals surface area contributed by atoms with Gasteiger partial charge in [0.1, 0.15) is 18.3 Å². The normalized spacial score (nSPS) is 12.1. The van der Waals surface area contributed by atoms with E-state index in [0.29, 0.717) is 24.5 Å². The molecule has 0 radical (unpaired) electrons. The molecule has 3 rings (SSSR count). The van der Waals surface area contributed by atoms with E-state index in [1.165, 1.54) is 17.0 Å². The minimum Gasteiger partial charge on any atom is -0.494 e. The Balaban J connectivity index is 2.02. The third-order valence-electron chi connectivity index (χ3n) is 6.34. The van der Waals surface area contributed by atoms with Gasteiger partial charge >= 0.3 is 0 Å². The van der Waals surface area contributed by atoms with E-state index < -0.39 is 28.5 Å².